The van der Waals surface area contributed by atoms with E-state index in [-0.39, 0.29) is 6.42 Å². The van der Waals surface area contributed by atoms with Crippen molar-refractivity contribution in [3.8, 4) is 0 Å². The molecule has 0 amide bonds. The molecule has 0 rings (SSSR count). The van der Waals surface area contributed by atoms with Gasteiger partial charge in [0.05, 0.1) is 0 Å². The van der Waals surface area contributed by atoms with E-state index in [0.717, 1.165) is 25.7 Å². The lowest BCUT2D eigenvalue weighted by molar-refractivity contribution is -0.137. The van der Waals surface area contributed by atoms with Gasteiger partial charge in [0.1, 0.15) is 0 Å². The van der Waals surface area contributed by atoms with Crippen LogP contribution in [0.25, 0.3) is 0 Å². The number of rotatable bonds is 6. The maximum absolute atomic E-state index is 9.60. The van der Waals surface area contributed by atoms with E-state index >= 15 is 0 Å². The Kier molecular flexibility index (Phi) is 41.8. The summed E-state index contributed by atoms with van der Waals surface area (Å²) in [6, 6.07) is 0. The maximum Gasteiger partial charge on any atom is 0.303 e. The maximum atomic E-state index is 9.60. The highest BCUT2D eigenvalue weighted by molar-refractivity contribution is 5.66. The lowest BCUT2D eigenvalue weighted by Crippen LogP contribution is -1.90. The van der Waals surface area contributed by atoms with Gasteiger partial charge in [-0.25, -0.2) is 0 Å². The van der Waals surface area contributed by atoms with Crippen LogP contribution in [0.1, 0.15) is 66.2 Å². The molecule has 0 aliphatic heterocycles. The van der Waals surface area contributed by atoms with Gasteiger partial charge < -0.3 is 20.4 Å². The van der Waals surface area contributed by atoms with Crippen LogP contribution in [0.3, 0.4) is 0 Å². The smallest absolute Gasteiger partial charge is 0.303 e. The summed E-state index contributed by atoms with van der Waals surface area (Å²) in [5.41, 5.74) is 0. The van der Waals surface area contributed by atoms with Crippen molar-refractivity contribution < 1.29 is 30.0 Å². The van der Waals surface area contributed by atoms with Crippen LogP contribution in [0, 0.1) is 0 Å². The van der Waals surface area contributed by atoms with Crippen molar-refractivity contribution >= 4 is 11.9 Å². The average molecular weight is 296 g/mol. The summed E-state index contributed by atoms with van der Waals surface area (Å²) in [5, 5.41) is 31.6. The van der Waals surface area contributed by atoms with Crippen LogP contribution in [-0.4, -0.2) is 45.6 Å². The Balaban J connectivity index is -0.0000000862. The molecule has 0 unspecified atom stereocenters. The van der Waals surface area contributed by atoms with Gasteiger partial charge in [0, 0.05) is 26.1 Å². The molecular weight excluding hydrogens is 264 g/mol. The van der Waals surface area contributed by atoms with E-state index in [1.165, 1.54) is 0 Å². The fourth-order valence-electron chi connectivity index (χ4n) is 0.372. The monoisotopic (exact) mass is 296 g/mol. The standard InChI is InChI=1S/C4H8O2.C4H10O.C3H6O2.C3H8O/c1-2-3-4(5)6;1-2-3-4-5;1-2-3(4)5;1-2-3-4/h2-3H2,1H3,(H,5,6);5H,2-4H2,1H3;2H2,1H3,(H,4,5);4H,2-3H2,1H3. The van der Waals surface area contributed by atoms with Crippen molar-refractivity contribution in [2.24, 2.45) is 0 Å². The summed E-state index contributed by atoms with van der Waals surface area (Å²) in [6.45, 7) is 8.09. The quantitative estimate of drug-likeness (QED) is 0.598. The SMILES string of the molecule is CCC(=O)O.CCCC(=O)O.CCCCO.CCCO. The number of hydrogen-bond acceptors (Lipinski definition) is 4. The minimum Gasteiger partial charge on any atom is -0.481 e. The van der Waals surface area contributed by atoms with Gasteiger partial charge in [0.15, 0.2) is 0 Å². The Labute approximate surface area is 122 Å². The third kappa shape index (κ3) is 90.1. The Morgan fingerprint density at radius 2 is 1.15 bits per heavy atom. The first kappa shape index (κ1) is 27.2. The van der Waals surface area contributed by atoms with Crippen molar-refractivity contribution in [1.29, 1.82) is 0 Å². The van der Waals surface area contributed by atoms with Crippen LogP contribution >= 0.6 is 0 Å². The molecule has 0 fully saturated rings. The van der Waals surface area contributed by atoms with Gasteiger partial charge in [-0.2, -0.15) is 0 Å². The molecule has 6 heteroatoms. The number of unbranched alkanes of at least 4 members (excludes halogenated alkanes) is 1. The van der Waals surface area contributed by atoms with Crippen LogP contribution in [0.4, 0.5) is 0 Å². The first-order valence-electron chi connectivity index (χ1n) is 7.02. The first-order chi connectivity index (χ1) is 9.37. The molecule has 0 aliphatic rings. The molecule has 0 saturated heterocycles. The molecule has 0 atom stereocenters. The van der Waals surface area contributed by atoms with E-state index in [2.05, 4.69) is 6.92 Å². The fraction of sp³-hybridized carbons (Fsp3) is 0.857. The normalized spacial score (nSPS) is 7.90. The third-order valence-electron chi connectivity index (χ3n) is 1.50. The predicted octanol–water partition coefficient (Wildman–Crippen LogP) is 2.52. The summed E-state index contributed by atoms with van der Waals surface area (Å²) in [7, 11) is 0. The second-order valence-electron chi connectivity index (χ2n) is 3.69. The Hall–Kier alpha value is -1.14. The number of carboxylic acids is 2. The molecule has 0 aromatic rings. The largest absolute Gasteiger partial charge is 0.481 e. The second-order valence-corrected chi connectivity index (χ2v) is 3.69. The van der Waals surface area contributed by atoms with E-state index in [1.807, 2.05) is 13.8 Å². The molecule has 20 heavy (non-hydrogen) atoms. The van der Waals surface area contributed by atoms with Gasteiger partial charge >= 0.3 is 11.9 Å². The molecule has 124 valence electrons. The van der Waals surface area contributed by atoms with Gasteiger partial charge in [-0.15, -0.1) is 0 Å². The van der Waals surface area contributed by atoms with E-state index in [0.29, 0.717) is 19.6 Å². The number of aliphatic hydroxyl groups is 2. The van der Waals surface area contributed by atoms with Crippen molar-refractivity contribution in [2.75, 3.05) is 13.2 Å². The van der Waals surface area contributed by atoms with Gasteiger partial charge in [0.25, 0.3) is 0 Å². The summed E-state index contributed by atoms with van der Waals surface area (Å²) < 4.78 is 0. The molecule has 6 nitrogen and oxygen atoms in total. The Bertz CT molecular complexity index is 179. The molecule has 0 aliphatic carbocycles. The first-order valence-corrected chi connectivity index (χ1v) is 7.02. The number of hydrogen-bond donors (Lipinski definition) is 4. The topological polar surface area (TPSA) is 115 Å². The molecule has 0 aromatic carbocycles. The van der Waals surface area contributed by atoms with Gasteiger partial charge in [0.2, 0.25) is 0 Å². The van der Waals surface area contributed by atoms with Crippen LogP contribution in [0.2, 0.25) is 0 Å². The van der Waals surface area contributed by atoms with Crippen molar-refractivity contribution in [3.63, 3.8) is 0 Å². The molecule has 0 bridgehead atoms. The Morgan fingerprint density at radius 3 is 1.15 bits per heavy atom. The van der Waals surface area contributed by atoms with Crippen molar-refractivity contribution in [3.05, 3.63) is 0 Å². The molecular formula is C14H32O6. The molecule has 4 N–H and O–H groups in total. The summed E-state index contributed by atoms with van der Waals surface area (Å²) in [6.07, 6.45) is 4.16. The number of carboxylic acid groups (broad SMARTS) is 2. The van der Waals surface area contributed by atoms with Gasteiger partial charge in [-0.3, -0.25) is 9.59 Å². The zero-order chi connectivity index (χ0) is 16.8. The Morgan fingerprint density at radius 1 is 0.750 bits per heavy atom. The minimum atomic E-state index is -0.745. The summed E-state index contributed by atoms with van der Waals surface area (Å²) in [4.78, 5) is 19.0. The summed E-state index contributed by atoms with van der Waals surface area (Å²) >= 11 is 0. The van der Waals surface area contributed by atoms with Crippen molar-refractivity contribution in [1.82, 2.24) is 0 Å². The zero-order valence-corrected chi connectivity index (χ0v) is 13.3. The van der Waals surface area contributed by atoms with E-state index < -0.39 is 11.9 Å². The van der Waals surface area contributed by atoms with E-state index in [1.54, 1.807) is 6.92 Å². The highest BCUT2D eigenvalue weighted by Crippen LogP contribution is 1.82. The lowest BCUT2D eigenvalue weighted by atomic mass is 10.4. The third-order valence-corrected chi connectivity index (χ3v) is 1.50. The summed E-state index contributed by atoms with van der Waals surface area (Å²) in [5.74, 6) is -1.46. The second kappa shape index (κ2) is 30.7. The van der Waals surface area contributed by atoms with Gasteiger partial charge in [-0.1, -0.05) is 34.1 Å². The predicted molar refractivity (Wildman–Crippen MR) is 79.8 cm³/mol. The molecule has 0 saturated carbocycles. The molecule has 0 heterocycles. The minimum absolute atomic E-state index is 0.222. The van der Waals surface area contributed by atoms with Crippen LogP contribution in [0.5, 0.6) is 0 Å². The average Bonchev–Trinajstić information content (AvgIpc) is 2.41. The highest BCUT2D eigenvalue weighted by atomic mass is 16.4. The number of carbonyl (C=O) groups is 2. The zero-order valence-electron chi connectivity index (χ0n) is 13.3. The molecule has 0 aromatic heterocycles. The molecule has 0 spiro atoms. The van der Waals surface area contributed by atoms with Crippen LogP contribution in [-0.2, 0) is 9.59 Å². The van der Waals surface area contributed by atoms with Crippen LogP contribution < -0.4 is 0 Å². The fourth-order valence-corrected chi connectivity index (χ4v) is 0.372. The van der Waals surface area contributed by atoms with E-state index in [4.69, 9.17) is 20.4 Å². The van der Waals surface area contributed by atoms with Gasteiger partial charge in [-0.05, 0) is 19.3 Å². The molecule has 0 radical (unpaired) electrons. The van der Waals surface area contributed by atoms with Crippen LogP contribution in [0.15, 0.2) is 0 Å². The number of aliphatic hydroxyl groups excluding tert-OH is 2. The van der Waals surface area contributed by atoms with Crippen molar-refractivity contribution in [2.45, 2.75) is 66.2 Å². The van der Waals surface area contributed by atoms with E-state index in [9.17, 15) is 9.59 Å². The lowest BCUT2D eigenvalue weighted by Gasteiger charge is -1.79. The highest BCUT2D eigenvalue weighted by Gasteiger charge is 1.87. The number of aliphatic carboxylic acids is 2.